The van der Waals surface area contributed by atoms with Gasteiger partial charge in [-0.05, 0) is 105 Å². The number of hydrogen-bond donors (Lipinski definition) is 2. The molecule has 3 rings (SSSR count). The van der Waals surface area contributed by atoms with E-state index in [-0.39, 0.29) is 18.1 Å². The van der Waals surface area contributed by atoms with Crippen LogP contribution in [0.3, 0.4) is 0 Å². The lowest BCUT2D eigenvalue weighted by Crippen LogP contribution is -2.20. The number of carbonyl (C=O) groups excluding carboxylic acids is 2. The molecule has 34 heavy (non-hydrogen) atoms. The van der Waals surface area contributed by atoms with Gasteiger partial charge in [-0.25, -0.2) is 0 Å². The largest absolute Gasteiger partial charge is 0.481 e. The molecule has 0 spiro atoms. The van der Waals surface area contributed by atoms with E-state index in [1.54, 1.807) is 42.5 Å². The van der Waals surface area contributed by atoms with Crippen LogP contribution in [0.25, 0.3) is 6.08 Å². The quantitative estimate of drug-likeness (QED) is 0.231. The summed E-state index contributed by atoms with van der Waals surface area (Å²) < 4.78 is 6.77. The summed E-state index contributed by atoms with van der Waals surface area (Å²) >= 11 is 12.7. The van der Waals surface area contributed by atoms with Gasteiger partial charge in [0.15, 0.2) is 6.61 Å². The monoisotopic (exact) mass is 601 g/mol. The molecular formula is C25H18Br2ClN3O3. The Morgan fingerprint density at radius 3 is 2.32 bits per heavy atom. The van der Waals surface area contributed by atoms with E-state index < -0.39 is 5.91 Å². The molecule has 2 N–H and O–H groups in total. The molecule has 0 heterocycles. The Labute approximate surface area is 218 Å². The number of nitrogens with one attached hydrogen (secondary N) is 2. The van der Waals surface area contributed by atoms with Crippen LogP contribution in [0.15, 0.2) is 75.2 Å². The zero-order valence-corrected chi connectivity index (χ0v) is 21.8. The third kappa shape index (κ3) is 7.19. The summed E-state index contributed by atoms with van der Waals surface area (Å²) in [6.07, 6.45) is 1.45. The maximum atomic E-state index is 12.5. The molecule has 3 aromatic carbocycles. The van der Waals surface area contributed by atoms with Crippen LogP contribution in [-0.4, -0.2) is 18.4 Å². The van der Waals surface area contributed by atoms with Gasteiger partial charge in [-0.1, -0.05) is 23.7 Å². The van der Waals surface area contributed by atoms with Crippen LogP contribution in [0.4, 0.5) is 11.4 Å². The Hall–Kier alpha value is -3.12. The number of nitrogens with zero attached hydrogens (tertiary/aromatic N) is 1. The van der Waals surface area contributed by atoms with Crippen LogP contribution < -0.4 is 15.4 Å². The Bertz CT molecular complexity index is 1280. The van der Waals surface area contributed by atoms with Crippen LogP contribution in [0.1, 0.15) is 11.1 Å². The number of aryl methyl sites for hydroxylation is 1. The third-order valence-corrected chi connectivity index (χ3v) is 5.88. The zero-order valence-electron chi connectivity index (χ0n) is 17.9. The van der Waals surface area contributed by atoms with E-state index in [4.69, 9.17) is 16.3 Å². The SMILES string of the molecule is Cc1cccc(NC(=O)COc2c(Br)cc(/C=C(/C#N)C(=O)Nc3ccc(Cl)cc3)cc2Br)c1. The fraction of sp³-hybridized carbons (Fsp3) is 0.0800. The van der Waals surface area contributed by atoms with E-state index in [1.165, 1.54) is 6.08 Å². The van der Waals surface area contributed by atoms with Gasteiger partial charge in [-0.15, -0.1) is 0 Å². The first-order chi connectivity index (χ1) is 16.2. The Kier molecular flexibility index (Phi) is 8.88. The van der Waals surface area contributed by atoms with Crippen molar-refractivity contribution >= 4 is 72.7 Å². The number of hydrogen-bond acceptors (Lipinski definition) is 4. The molecule has 0 atom stereocenters. The minimum atomic E-state index is -0.551. The van der Waals surface area contributed by atoms with E-state index in [1.807, 2.05) is 31.2 Å². The number of rotatable bonds is 7. The van der Waals surface area contributed by atoms with Crippen molar-refractivity contribution in [2.24, 2.45) is 0 Å². The highest BCUT2D eigenvalue weighted by molar-refractivity contribution is 9.11. The molecule has 0 fully saturated rings. The Balaban J connectivity index is 1.69. The van der Waals surface area contributed by atoms with Gasteiger partial charge in [-0.2, -0.15) is 5.26 Å². The molecule has 6 nitrogen and oxygen atoms in total. The highest BCUT2D eigenvalue weighted by Crippen LogP contribution is 2.35. The summed E-state index contributed by atoms with van der Waals surface area (Å²) in [6, 6.07) is 19.3. The summed E-state index contributed by atoms with van der Waals surface area (Å²) in [5, 5.41) is 15.4. The molecule has 3 aromatic rings. The summed E-state index contributed by atoms with van der Waals surface area (Å²) in [5.74, 6) is -0.440. The molecule has 0 saturated heterocycles. The predicted octanol–water partition coefficient (Wildman–Crippen LogP) is 6.74. The van der Waals surface area contributed by atoms with Crippen LogP contribution in [0.5, 0.6) is 5.75 Å². The van der Waals surface area contributed by atoms with Gasteiger partial charge in [0, 0.05) is 16.4 Å². The second-order valence-electron chi connectivity index (χ2n) is 7.15. The van der Waals surface area contributed by atoms with E-state index >= 15 is 0 Å². The van der Waals surface area contributed by atoms with E-state index in [0.29, 0.717) is 36.7 Å². The lowest BCUT2D eigenvalue weighted by molar-refractivity contribution is -0.118. The fourth-order valence-electron chi connectivity index (χ4n) is 2.91. The van der Waals surface area contributed by atoms with Crippen molar-refractivity contribution in [3.05, 3.63) is 91.3 Å². The van der Waals surface area contributed by atoms with Crippen LogP contribution in [0, 0.1) is 18.3 Å². The maximum Gasteiger partial charge on any atom is 0.266 e. The summed E-state index contributed by atoms with van der Waals surface area (Å²) in [7, 11) is 0. The smallest absolute Gasteiger partial charge is 0.266 e. The third-order valence-electron chi connectivity index (χ3n) is 4.45. The molecular weight excluding hydrogens is 586 g/mol. The summed E-state index contributed by atoms with van der Waals surface area (Å²) in [5.41, 5.74) is 2.74. The topological polar surface area (TPSA) is 91.2 Å². The van der Waals surface area contributed by atoms with Gasteiger partial charge in [0.2, 0.25) is 0 Å². The van der Waals surface area contributed by atoms with Crippen LogP contribution >= 0.6 is 43.5 Å². The average molecular weight is 604 g/mol. The highest BCUT2D eigenvalue weighted by atomic mass is 79.9. The van der Waals surface area contributed by atoms with Crippen molar-refractivity contribution in [2.75, 3.05) is 17.2 Å². The number of halogens is 3. The zero-order chi connectivity index (χ0) is 24.7. The minimum absolute atomic E-state index is 0.0834. The molecule has 172 valence electrons. The van der Waals surface area contributed by atoms with Gasteiger partial charge in [0.25, 0.3) is 11.8 Å². The van der Waals surface area contributed by atoms with Crippen molar-refractivity contribution in [1.82, 2.24) is 0 Å². The second-order valence-corrected chi connectivity index (χ2v) is 9.30. The lowest BCUT2D eigenvalue weighted by Gasteiger charge is -2.12. The van der Waals surface area contributed by atoms with E-state index in [0.717, 1.165) is 5.56 Å². The van der Waals surface area contributed by atoms with E-state index in [9.17, 15) is 14.9 Å². The minimum Gasteiger partial charge on any atom is -0.481 e. The number of carbonyl (C=O) groups is 2. The number of anilines is 2. The van der Waals surface area contributed by atoms with Crippen LogP contribution in [-0.2, 0) is 9.59 Å². The van der Waals surface area contributed by atoms with Crippen molar-refractivity contribution in [3.63, 3.8) is 0 Å². The molecule has 0 aliphatic heterocycles. The van der Waals surface area contributed by atoms with E-state index in [2.05, 4.69) is 42.5 Å². The lowest BCUT2D eigenvalue weighted by atomic mass is 10.1. The van der Waals surface area contributed by atoms with Gasteiger partial charge < -0.3 is 15.4 Å². The molecule has 0 bridgehead atoms. The summed E-state index contributed by atoms with van der Waals surface area (Å²) in [4.78, 5) is 24.7. The molecule has 0 unspecified atom stereocenters. The molecule has 0 aliphatic carbocycles. The summed E-state index contributed by atoms with van der Waals surface area (Å²) in [6.45, 7) is 1.74. The predicted molar refractivity (Wildman–Crippen MR) is 141 cm³/mol. The van der Waals surface area contributed by atoms with Crippen molar-refractivity contribution in [1.29, 1.82) is 5.26 Å². The first-order valence-corrected chi connectivity index (χ1v) is 11.9. The first-order valence-electron chi connectivity index (χ1n) is 9.92. The van der Waals surface area contributed by atoms with Gasteiger partial charge in [0.05, 0.1) is 8.95 Å². The van der Waals surface area contributed by atoms with Crippen molar-refractivity contribution in [3.8, 4) is 11.8 Å². The number of benzene rings is 3. The number of nitriles is 1. The van der Waals surface area contributed by atoms with Gasteiger partial charge in [-0.3, -0.25) is 9.59 Å². The van der Waals surface area contributed by atoms with Gasteiger partial charge >= 0.3 is 0 Å². The normalized spacial score (nSPS) is 10.9. The Morgan fingerprint density at radius 2 is 1.71 bits per heavy atom. The van der Waals surface area contributed by atoms with Crippen molar-refractivity contribution in [2.45, 2.75) is 6.92 Å². The first kappa shape index (κ1) is 25.5. The molecule has 2 amide bonds. The standard InChI is InChI=1S/C25H18Br2ClN3O3/c1-15-3-2-4-20(9-15)30-23(32)14-34-24-21(26)11-16(12-22(24)27)10-17(13-29)25(33)31-19-7-5-18(28)6-8-19/h2-12H,14H2,1H3,(H,30,32)(H,31,33)/b17-10-. The fourth-order valence-corrected chi connectivity index (χ4v) is 4.48. The number of amides is 2. The maximum absolute atomic E-state index is 12.5. The Morgan fingerprint density at radius 1 is 1.03 bits per heavy atom. The molecule has 0 saturated carbocycles. The highest BCUT2D eigenvalue weighted by Gasteiger charge is 2.14. The van der Waals surface area contributed by atoms with Crippen molar-refractivity contribution < 1.29 is 14.3 Å². The second kappa shape index (κ2) is 11.8. The van der Waals surface area contributed by atoms with Gasteiger partial charge in [0.1, 0.15) is 17.4 Å². The van der Waals surface area contributed by atoms with Crippen LogP contribution in [0.2, 0.25) is 5.02 Å². The molecule has 0 radical (unpaired) electrons. The molecule has 9 heteroatoms. The molecule has 0 aromatic heterocycles. The number of ether oxygens (including phenoxy) is 1. The molecule has 0 aliphatic rings. The average Bonchev–Trinajstić information content (AvgIpc) is 2.78.